The van der Waals surface area contributed by atoms with Crippen LogP contribution in [0.1, 0.15) is 10.5 Å². The number of carbonyl (C=O) groups is 1. The van der Waals surface area contributed by atoms with E-state index in [2.05, 4.69) is 19.8 Å². The number of alkyl halides is 2. The molecule has 0 aliphatic heterocycles. The first-order valence-corrected chi connectivity index (χ1v) is 6.32. The van der Waals surface area contributed by atoms with E-state index in [-0.39, 0.29) is 11.4 Å². The van der Waals surface area contributed by atoms with Crippen LogP contribution in [0.2, 0.25) is 0 Å². The van der Waals surface area contributed by atoms with E-state index in [1.165, 1.54) is 30.6 Å². The van der Waals surface area contributed by atoms with Gasteiger partial charge in [-0.2, -0.15) is 8.78 Å². The molecule has 0 aliphatic carbocycles. The number of esters is 1. The SMILES string of the molecule is COC(=O)c1csc(Nc2ccc(OC(F)F)cc2)n1. The largest absolute Gasteiger partial charge is 0.464 e. The molecule has 0 unspecified atom stereocenters. The highest BCUT2D eigenvalue weighted by atomic mass is 32.1. The highest BCUT2D eigenvalue weighted by Gasteiger charge is 2.10. The molecule has 0 saturated heterocycles. The van der Waals surface area contributed by atoms with Gasteiger partial charge in [-0.15, -0.1) is 11.3 Å². The maximum absolute atomic E-state index is 12.0. The van der Waals surface area contributed by atoms with Gasteiger partial charge in [-0.3, -0.25) is 0 Å². The lowest BCUT2D eigenvalue weighted by Crippen LogP contribution is -2.02. The third-order valence-electron chi connectivity index (χ3n) is 2.23. The fourth-order valence-electron chi connectivity index (χ4n) is 1.37. The van der Waals surface area contributed by atoms with E-state index in [1.54, 1.807) is 17.5 Å². The number of halogens is 2. The summed E-state index contributed by atoms with van der Waals surface area (Å²) in [6.07, 6.45) is 0. The van der Waals surface area contributed by atoms with Gasteiger partial charge < -0.3 is 14.8 Å². The molecule has 0 saturated carbocycles. The summed E-state index contributed by atoms with van der Waals surface area (Å²) in [5, 5.41) is 4.99. The molecule has 0 fully saturated rings. The summed E-state index contributed by atoms with van der Waals surface area (Å²) in [5.74, 6) is -0.449. The topological polar surface area (TPSA) is 60.5 Å². The zero-order chi connectivity index (χ0) is 14.5. The molecular formula is C12H10F2N2O3S. The number of hydrogen-bond donors (Lipinski definition) is 1. The van der Waals surface area contributed by atoms with Gasteiger partial charge >= 0.3 is 12.6 Å². The van der Waals surface area contributed by atoms with Gasteiger partial charge in [-0.1, -0.05) is 0 Å². The van der Waals surface area contributed by atoms with Crippen LogP contribution in [0.25, 0.3) is 0 Å². The van der Waals surface area contributed by atoms with E-state index in [0.29, 0.717) is 10.8 Å². The number of benzene rings is 1. The molecule has 0 atom stereocenters. The Morgan fingerprint density at radius 1 is 1.35 bits per heavy atom. The van der Waals surface area contributed by atoms with Crippen LogP contribution in [0.3, 0.4) is 0 Å². The molecular weight excluding hydrogens is 290 g/mol. The Labute approximate surface area is 117 Å². The molecule has 0 aliphatic rings. The van der Waals surface area contributed by atoms with Crippen LogP contribution >= 0.6 is 11.3 Å². The zero-order valence-corrected chi connectivity index (χ0v) is 11.1. The summed E-state index contributed by atoms with van der Waals surface area (Å²) in [4.78, 5) is 15.3. The fraction of sp³-hybridized carbons (Fsp3) is 0.167. The lowest BCUT2D eigenvalue weighted by atomic mass is 10.3. The molecule has 8 heteroatoms. The van der Waals surface area contributed by atoms with E-state index >= 15 is 0 Å². The number of nitrogens with zero attached hydrogens (tertiary/aromatic N) is 1. The van der Waals surface area contributed by atoms with E-state index in [0.717, 1.165) is 0 Å². The normalized spacial score (nSPS) is 10.4. The maximum atomic E-state index is 12.0. The Morgan fingerprint density at radius 2 is 2.05 bits per heavy atom. The van der Waals surface area contributed by atoms with E-state index in [1.807, 2.05) is 0 Å². The van der Waals surface area contributed by atoms with Gasteiger partial charge in [-0.25, -0.2) is 9.78 Å². The van der Waals surface area contributed by atoms with E-state index in [9.17, 15) is 13.6 Å². The summed E-state index contributed by atoms with van der Waals surface area (Å²) >= 11 is 1.23. The minimum Gasteiger partial charge on any atom is -0.464 e. The molecule has 0 bridgehead atoms. The van der Waals surface area contributed by atoms with Crippen molar-refractivity contribution in [1.29, 1.82) is 0 Å². The van der Waals surface area contributed by atoms with Gasteiger partial charge in [0.2, 0.25) is 0 Å². The molecule has 0 spiro atoms. The Balaban J connectivity index is 2.02. The minimum absolute atomic E-state index is 0.0694. The van der Waals surface area contributed by atoms with Gasteiger partial charge in [-0.05, 0) is 24.3 Å². The van der Waals surface area contributed by atoms with Gasteiger partial charge in [0.25, 0.3) is 0 Å². The third kappa shape index (κ3) is 3.64. The molecule has 0 amide bonds. The highest BCUT2D eigenvalue weighted by molar-refractivity contribution is 7.14. The van der Waals surface area contributed by atoms with Crippen molar-refractivity contribution in [2.75, 3.05) is 12.4 Å². The third-order valence-corrected chi connectivity index (χ3v) is 2.99. The standard InChI is InChI=1S/C12H10F2N2O3S/c1-18-10(17)9-6-20-12(16-9)15-7-2-4-8(5-3-7)19-11(13)14/h2-6,11H,1H3,(H,15,16). The summed E-state index contributed by atoms with van der Waals surface area (Å²) in [5.41, 5.74) is 0.843. The van der Waals surface area contributed by atoms with Crippen LogP contribution in [-0.4, -0.2) is 24.7 Å². The molecule has 1 heterocycles. The number of aromatic nitrogens is 1. The molecule has 0 radical (unpaired) electrons. The van der Waals surface area contributed by atoms with Gasteiger partial charge in [0.05, 0.1) is 7.11 Å². The first-order chi connectivity index (χ1) is 9.58. The Bertz CT molecular complexity index is 587. The number of thiazole rings is 1. The molecule has 20 heavy (non-hydrogen) atoms. The first kappa shape index (κ1) is 14.2. The van der Waals surface area contributed by atoms with Crippen molar-refractivity contribution >= 4 is 28.1 Å². The second-order valence-corrected chi connectivity index (χ2v) is 4.42. The quantitative estimate of drug-likeness (QED) is 0.859. The number of anilines is 2. The second-order valence-electron chi connectivity index (χ2n) is 3.56. The molecule has 1 aromatic heterocycles. The van der Waals surface area contributed by atoms with Crippen molar-refractivity contribution in [3.8, 4) is 5.75 Å². The minimum atomic E-state index is -2.85. The van der Waals surface area contributed by atoms with Crippen LogP contribution in [0.5, 0.6) is 5.75 Å². The summed E-state index contributed by atoms with van der Waals surface area (Å²) in [6.45, 7) is -2.85. The number of rotatable bonds is 5. The number of carbonyl (C=O) groups excluding carboxylic acids is 1. The smallest absolute Gasteiger partial charge is 0.387 e. The zero-order valence-electron chi connectivity index (χ0n) is 10.3. The van der Waals surface area contributed by atoms with Crippen LogP contribution in [0.4, 0.5) is 19.6 Å². The van der Waals surface area contributed by atoms with Crippen LogP contribution in [0, 0.1) is 0 Å². The monoisotopic (exact) mass is 300 g/mol. The van der Waals surface area contributed by atoms with Crippen LogP contribution < -0.4 is 10.1 Å². The molecule has 106 valence electrons. The average molecular weight is 300 g/mol. The van der Waals surface area contributed by atoms with Crippen LogP contribution in [-0.2, 0) is 4.74 Å². The van der Waals surface area contributed by atoms with Crippen molar-refractivity contribution in [1.82, 2.24) is 4.98 Å². The van der Waals surface area contributed by atoms with Gasteiger partial charge in [0.15, 0.2) is 10.8 Å². The van der Waals surface area contributed by atoms with Gasteiger partial charge in [0, 0.05) is 11.1 Å². The predicted octanol–water partition coefficient (Wildman–Crippen LogP) is 3.27. The van der Waals surface area contributed by atoms with Crippen molar-refractivity contribution in [2.24, 2.45) is 0 Å². The number of methoxy groups -OCH3 is 1. The molecule has 5 nitrogen and oxygen atoms in total. The van der Waals surface area contributed by atoms with E-state index in [4.69, 9.17) is 0 Å². The lowest BCUT2D eigenvalue weighted by molar-refractivity contribution is -0.0498. The number of ether oxygens (including phenoxy) is 2. The molecule has 2 aromatic rings. The second kappa shape index (κ2) is 6.29. The molecule has 2 rings (SSSR count). The Kier molecular flexibility index (Phi) is 4.46. The van der Waals surface area contributed by atoms with Crippen molar-refractivity contribution in [2.45, 2.75) is 6.61 Å². The predicted molar refractivity (Wildman–Crippen MR) is 69.8 cm³/mol. The Hall–Kier alpha value is -2.22. The van der Waals surface area contributed by atoms with Crippen LogP contribution in [0.15, 0.2) is 29.6 Å². The maximum Gasteiger partial charge on any atom is 0.387 e. The summed E-state index contributed by atoms with van der Waals surface area (Å²) in [7, 11) is 1.27. The molecule has 1 aromatic carbocycles. The first-order valence-electron chi connectivity index (χ1n) is 5.44. The number of nitrogens with one attached hydrogen (secondary N) is 1. The van der Waals surface area contributed by atoms with Crippen molar-refractivity contribution < 1.29 is 23.0 Å². The van der Waals surface area contributed by atoms with Crippen molar-refractivity contribution in [3.05, 3.63) is 35.3 Å². The summed E-state index contributed by atoms with van der Waals surface area (Å²) < 4.78 is 32.8. The van der Waals surface area contributed by atoms with E-state index < -0.39 is 12.6 Å². The van der Waals surface area contributed by atoms with Gasteiger partial charge in [0.1, 0.15) is 5.75 Å². The highest BCUT2D eigenvalue weighted by Crippen LogP contribution is 2.23. The Morgan fingerprint density at radius 3 is 2.65 bits per heavy atom. The lowest BCUT2D eigenvalue weighted by Gasteiger charge is -2.06. The average Bonchev–Trinajstić information content (AvgIpc) is 2.88. The number of hydrogen-bond acceptors (Lipinski definition) is 6. The fourth-order valence-corrected chi connectivity index (χ4v) is 2.07. The molecule has 1 N–H and O–H groups in total. The summed E-state index contributed by atoms with van der Waals surface area (Å²) in [6, 6.07) is 5.94. The van der Waals surface area contributed by atoms with Crippen molar-refractivity contribution in [3.63, 3.8) is 0 Å².